The molecule has 0 spiro atoms. The van der Waals surface area contributed by atoms with Crippen LogP contribution < -0.4 is 19.1 Å². The van der Waals surface area contributed by atoms with Gasteiger partial charge in [-0.3, -0.25) is 9.69 Å². The minimum Gasteiger partial charge on any atom is -0.493 e. The third-order valence-corrected chi connectivity index (χ3v) is 6.07. The summed E-state index contributed by atoms with van der Waals surface area (Å²) in [5, 5.41) is 2.41. The molecule has 2 aromatic carbocycles. The molecular formula is C23H23Cl2N3O5S. The summed E-state index contributed by atoms with van der Waals surface area (Å²) in [5.41, 5.74) is 0.668. The maximum absolute atomic E-state index is 13.6. The Hall–Kier alpha value is -3.01. The number of thiazole rings is 1. The summed E-state index contributed by atoms with van der Waals surface area (Å²) in [6.45, 7) is 2.50. The summed E-state index contributed by atoms with van der Waals surface area (Å²) in [6.07, 6.45) is 0.251. The number of aromatic nitrogens is 1. The van der Waals surface area contributed by atoms with Gasteiger partial charge >= 0.3 is 6.09 Å². The topological polar surface area (TPSA) is 81.2 Å². The molecule has 0 aliphatic rings. The Morgan fingerprint density at radius 2 is 1.79 bits per heavy atom. The van der Waals surface area contributed by atoms with Crippen LogP contribution >= 0.6 is 34.5 Å². The average molecular weight is 524 g/mol. The van der Waals surface area contributed by atoms with Crippen LogP contribution in [0.2, 0.25) is 10.0 Å². The molecule has 0 N–H and O–H groups in total. The molecule has 3 rings (SSSR count). The molecule has 8 nitrogen and oxygen atoms in total. The number of hydrogen-bond donors (Lipinski definition) is 0. The van der Waals surface area contributed by atoms with Crippen molar-refractivity contribution >= 4 is 57.4 Å². The highest BCUT2D eigenvalue weighted by Gasteiger charge is 2.27. The molecule has 0 unspecified atom stereocenters. The fourth-order valence-corrected chi connectivity index (χ4v) is 4.29. The summed E-state index contributed by atoms with van der Waals surface area (Å²) in [6, 6.07) is 9.60. The smallest absolute Gasteiger partial charge is 0.416 e. The lowest BCUT2D eigenvalue weighted by Gasteiger charge is -2.22. The molecule has 0 saturated carbocycles. The molecule has 3 aromatic rings. The first kappa shape index (κ1) is 25.6. The van der Waals surface area contributed by atoms with E-state index >= 15 is 0 Å². The second kappa shape index (κ2) is 11.4. The summed E-state index contributed by atoms with van der Waals surface area (Å²) in [7, 11) is 4.66. The van der Waals surface area contributed by atoms with Crippen LogP contribution in [0.25, 0.3) is 0 Å². The second-order valence-electron chi connectivity index (χ2n) is 7.06. The van der Waals surface area contributed by atoms with E-state index in [-0.39, 0.29) is 21.6 Å². The first-order valence-electron chi connectivity index (χ1n) is 10.2. The molecular weight excluding hydrogens is 501 g/mol. The van der Waals surface area contributed by atoms with E-state index in [0.717, 1.165) is 17.8 Å². The summed E-state index contributed by atoms with van der Waals surface area (Å²) in [5.74, 6) is 0.540. The maximum atomic E-state index is 13.6. The van der Waals surface area contributed by atoms with Crippen LogP contribution in [0.1, 0.15) is 23.7 Å². The molecule has 1 heterocycles. The zero-order valence-corrected chi connectivity index (χ0v) is 21.3. The molecule has 0 aliphatic carbocycles. The van der Waals surface area contributed by atoms with Gasteiger partial charge < -0.3 is 19.1 Å². The number of amides is 2. The monoisotopic (exact) mass is 523 g/mol. The van der Waals surface area contributed by atoms with Gasteiger partial charge in [0.2, 0.25) is 11.0 Å². The fourth-order valence-electron chi connectivity index (χ4n) is 3.06. The highest BCUT2D eigenvalue weighted by Crippen LogP contribution is 2.38. The van der Waals surface area contributed by atoms with E-state index in [2.05, 4.69) is 4.98 Å². The third kappa shape index (κ3) is 5.72. The number of carbonyl (C=O) groups excluding carboxylic acids is 2. The number of ether oxygens (including phenoxy) is 3. The number of anilines is 2. The number of methoxy groups -OCH3 is 2. The van der Waals surface area contributed by atoms with Crippen molar-refractivity contribution in [3.8, 4) is 17.4 Å². The first-order chi connectivity index (χ1) is 16.3. The molecule has 0 bridgehead atoms. The molecule has 0 atom stereocenters. The molecule has 1 aromatic heterocycles. The molecule has 0 fully saturated rings. The Morgan fingerprint density at radius 1 is 1.06 bits per heavy atom. The van der Waals surface area contributed by atoms with E-state index in [0.29, 0.717) is 28.8 Å². The number of rotatable bonds is 8. The maximum Gasteiger partial charge on any atom is 0.416 e. The van der Waals surface area contributed by atoms with Crippen LogP contribution in [0.5, 0.6) is 17.4 Å². The fraction of sp³-hybridized carbons (Fsp3) is 0.261. The van der Waals surface area contributed by atoms with Gasteiger partial charge in [0.25, 0.3) is 5.91 Å². The molecule has 34 heavy (non-hydrogen) atoms. The highest BCUT2D eigenvalue weighted by atomic mass is 35.5. The van der Waals surface area contributed by atoms with E-state index in [1.54, 1.807) is 36.7 Å². The lowest BCUT2D eigenvalue weighted by molar-refractivity contribution is 0.0999. The van der Waals surface area contributed by atoms with Crippen molar-refractivity contribution in [1.29, 1.82) is 0 Å². The van der Waals surface area contributed by atoms with Crippen LogP contribution in [0, 0.1) is 0 Å². The standard InChI is InChI=1S/C23H23Cl2N3O5S/c1-5-10-27(2)23(30)33-20-13-34-22(26-20)28(15-7-9-18(31-3)19(12-15)32-4)21(29)16-8-6-14(24)11-17(16)25/h6-9,11-13H,5,10H2,1-4H3. The van der Waals surface area contributed by atoms with Crippen LogP contribution in [-0.4, -0.2) is 49.7 Å². The van der Waals surface area contributed by atoms with Crippen LogP contribution in [-0.2, 0) is 0 Å². The lowest BCUT2D eigenvalue weighted by atomic mass is 10.1. The van der Waals surface area contributed by atoms with E-state index in [1.807, 2.05) is 6.92 Å². The van der Waals surface area contributed by atoms with Gasteiger partial charge in [-0.25, -0.2) is 4.79 Å². The number of benzene rings is 2. The van der Waals surface area contributed by atoms with Gasteiger partial charge in [0.1, 0.15) is 0 Å². The van der Waals surface area contributed by atoms with E-state index in [9.17, 15) is 9.59 Å². The Bertz CT molecular complexity index is 1190. The number of halogens is 2. The van der Waals surface area contributed by atoms with Crippen LogP contribution in [0.4, 0.5) is 15.6 Å². The van der Waals surface area contributed by atoms with Gasteiger partial charge in [-0.1, -0.05) is 30.1 Å². The summed E-state index contributed by atoms with van der Waals surface area (Å²) in [4.78, 5) is 33.1. The van der Waals surface area contributed by atoms with Gasteiger partial charge in [-0.15, -0.1) is 11.3 Å². The Morgan fingerprint density at radius 3 is 2.44 bits per heavy atom. The molecule has 11 heteroatoms. The van der Waals surface area contributed by atoms with Crippen molar-refractivity contribution < 1.29 is 23.8 Å². The summed E-state index contributed by atoms with van der Waals surface area (Å²) >= 11 is 13.5. The number of nitrogens with zero attached hydrogens (tertiary/aromatic N) is 3. The van der Waals surface area contributed by atoms with E-state index in [1.165, 1.54) is 36.2 Å². The second-order valence-corrected chi connectivity index (χ2v) is 8.74. The zero-order valence-electron chi connectivity index (χ0n) is 19.0. The molecule has 0 saturated heterocycles. The minimum atomic E-state index is -0.538. The lowest BCUT2D eigenvalue weighted by Crippen LogP contribution is -2.30. The largest absolute Gasteiger partial charge is 0.493 e. The quantitative estimate of drug-likeness (QED) is 0.345. The number of carbonyl (C=O) groups is 2. The predicted octanol–water partition coefficient (Wildman–Crippen LogP) is 6.29. The van der Waals surface area contributed by atoms with Gasteiger partial charge in [-0.2, -0.15) is 4.98 Å². The zero-order chi connectivity index (χ0) is 24.8. The van der Waals surface area contributed by atoms with E-state index in [4.69, 9.17) is 37.4 Å². The van der Waals surface area contributed by atoms with Gasteiger partial charge in [0, 0.05) is 24.7 Å². The van der Waals surface area contributed by atoms with Gasteiger partial charge in [-0.05, 0) is 36.8 Å². The minimum absolute atomic E-state index is 0.0773. The SMILES string of the molecule is CCCN(C)C(=O)Oc1csc(N(C(=O)c2ccc(Cl)cc2Cl)c2ccc(OC)c(OC)c2)n1. The van der Waals surface area contributed by atoms with Crippen molar-refractivity contribution in [3.05, 3.63) is 57.4 Å². The molecule has 180 valence electrons. The third-order valence-electron chi connectivity index (χ3n) is 4.71. The van der Waals surface area contributed by atoms with Gasteiger partial charge in [0.05, 0.1) is 35.9 Å². The van der Waals surface area contributed by atoms with Crippen molar-refractivity contribution in [2.24, 2.45) is 0 Å². The summed E-state index contributed by atoms with van der Waals surface area (Å²) < 4.78 is 16.1. The first-order valence-corrected chi connectivity index (χ1v) is 11.8. The van der Waals surface area contributed by atoms with Crippen molar-refractivity contribution in [3.63, 3.8) is 0 Å². The van der Waals surface area contributed by atoms with Crippen LogP contribution in [0.3, 0.4) is 0 Å². The van der Waals surface area contributed by atoms with Crippen molar-refractivity contribution in [2.75, 3.05) is 32.7 Å². The normalized spacial score (nSPS) is 10.5. The Balaban J connectivity index is 2.03. The molecule has 0 aliphatic heterocycles. The Labute approximate surface area is 211 Å². The van der Waals surface area contributed by atoms with Crippen molar-refractivity contribution in [1.82, 2.24) is 9.88 Å². The molecule has 0 radical (unpaired) electrons. The highest BCUT2D eigenvalue weighted by molar-refractivity contribution is 7.14. The Kier molecular flexibility index (Phi) is 8.60. The molecule has 2 amide bonds. The van der Waals surface area contributed by atoms with Crippen LogP contribution in [0.15, 0.2) is 41.8 Å². The average Bonchev–Trinajstić information content (AvgIpc) is 3.26. The van der Waals surface area contributed by atoms with Gasteiger partial charge in [0.15, 0.2) is 11.5 Å². The predicted molar refractivity (Wildman–Crippen MR) is 134 cm³/mol. The van der Waals surface area contributed by atoms with E-state index < -0.39 is 12.0 Å². The van der Waals surface area contributed by atoms with Crippen molar-refractivity contribution in [2.45, 2.75) is 13.3 Å². The number of hydrogen-bond acceptors (Lipinski definition) is 7.